The summed E-state index contributed by atoms with van der Waals surface area (Å²) in [6.07, 6.45) is -2.64. The second-order valence-corrected chi connectivity index (χ2v) is 5.91. The highest BCUT2D eigenvalue weighted by Gasteiger charge is 2.31. The van der Waals surface area contributed by atoms with Gasteiger partial charge in [-0.25, -0.2) is 0 Å². The van der Waals surface area contributed by atoms with Crippen molar-refractivity contribution in [2.75, 3.05) is 27.2 Å². The number of hydrogen-bond acceptors (Lipinski definition) is 3. The molecular weight excluding hydrogens is 309 g/mol. The zero-order chi connectivity index (χ0) is 17.0. The second kappa shape index (κ2) is 7.21. The van der Waals surface area contributed by atoms with E-state index < -0.39 is 6.36 Å². The topological polar surface area (TPSA) is 32.8 Å². The number of likely N-dealkylation sites (tertiary alicyclic amines) is 1. The van der Waals surface area contributed by atoms with Gasteiger partial charge in [-0.1, -0.05) is 12.1 Å². The van der Waals surface area contributed by atoms with Gasteiger partial charge in [-0.3, -0.25) is 4.79 Å². The molecule has 1 aliphatic rings. The maximum Gasteiger partial charge on any atom is 0.573 e. The van der Waals surface area contributed by atoms with E-state index in [4.69, 9.17) is 0 Å². The average molecular weight is 330 g/mol. The maximum atomic E-state index is 12.3. The monoisotopic (exact) mass is 330 g/mol. The van der Waals surface area contributed by atoms with Crippen molar-refractivity contribution in [3.8, 4) is 5.75 Å². The molecule has 0 aliphatic carbocycles. The number of alkyl halides is 3. The Morgan fingerprint density at radius 1 is 1.26 bits per heavy atom. The van der Waals surface area contributed by atoms with Gasteiger partial charge in [0.15, 0.2) is 0 Å². The zero-order valence-corrected chi connectivity index (χ0v) is 13.3. The predicted octanol–water partition coefficient (Wildman–Crippen LogP) is 2.68. The molecule has 23 heavy (non-hydrogen) atoms. The first-order valence-electron chi connectivity index (χ1n) is 7.53. The van der Waals surface area contributed by atoms with Crippen LogP contribution in [0.2, 0.25) is 0 Å². The second-order valence-electron chi connectivity index (χ2n) is 5.91. The van der Waals surface area contributed by atoms with E-state index in [9.17, 15) is 18.0 Å². The summed E-state index contributed by atoms with van der Waals surface area (Å²) in [5.74, 6) is -0.304. The summed E-state index contributed by atoms with van der Waals surface area (Å²) >= 11 is 0. The van der Waals surface area contributed by atoms with Crippen molar-refractivity contribution in [3.63, 3.8) is 0 Å². The highest BCUT2D eigenvalue weighted by Crippen LogP contribution is 2.23. The molecule has 1 saturated heterocycles. The molecule has 1 fully saturated rings. The molecule has 1 aromatic rings. The van der Waals surface area contributed by atoms with Crippen LogP contribution in [0.1, 0.15) is 18.4 Å². The lowest BCUT2D eigenvalue weighted by atomic mass is 10.0. The van der Waals surface area contributed by atoms with Crippen LogP contribution in [0.25, 0.3) is 0 Å². The Hall–Kier alpha value is -1.76. The smallest absolute Gasteiger partial charge is 0.406 e. The third kappa shape index (κ3) is 5.42. The predicted molar refractivity (Wildman–Crippen MR) is 80.1 cm³/mol. The van der Waals surface area contributed by atoms with Gasteiger partial charge in [0.05, 0.1) is 6.42 Å². The highest BCUT2D eigenvalue weighted by atomic mass is 19.4. The Morgan fingerprint density at radius 2 is 1.83 bits per heavy atom. The van der Waals surface area contributed by atoms with Crippen molar-refractivity contribution in [1.82, 2.24) is 9.80 Å². The van der Waals surface area contributed by atoms with Crippen molar-refractivity contribution in [2.45, 2.75) is 31.7 Å². The summed E-state index contributed by atoms with van der Waals surface area (Å²) < 4.78 is 40.1. The van der Waals surface area contributed by atoms with E-state index in [1.807, 2.05) is 0 Å². The van der Waals surface area contributed by atoms with Gasteiger partial charge in [-0.05, 0) is 50.7 Å². The van der Waals surface area contributed by atoms with Crippen molar-refractivity contribution in [3.05, 3.63) is 29.8 Å². The number of amides is 1. The van der Waals surface area contributed by atoms with Gasteiger partial charge in [-0.15, -0.1) is 13.2 Å². The van der Waals surface area contributed by atoms with E-state index in [1.165, 1.54) is 24.3 Å². The number of carbonyl (C=O) groups is 1. The van der Waals surface area contributed by atoms with Crippen LogP contribution in [0.4, 0.5) is 13.2 Å². The standard InChI is InChI=1S/C16H21F3N2O2/c1-20-9-7-13(8-10-20)21(2)15(22)11-12-3-5-14(6-4-12)23-16(17,18)19/h3-6,13H,7-11H2,1-2H3. The number of benzene rings is 1. The first-order valence-corrected chi connectivity index (χ1v) is 7.53. The number of carbonyl (C=O) groups excluding carboxylic acids is 1. The minimum Gasteiger partial charge on any atom is -0.406 e. The van der Waals surface area contributed by atoms with Crippen LogP contribution in [0.15, 0.2) is 24.3 Å². The Kier molecular flexibility index (Phi) is 5.51. The number of halogens is 3. The van der Waals surface area contributed by atoms with Crippen LogP contribution in [0.5, 0.6) is 5.75 Å². The lowest BCUT2D eigenvalue weighted by Crippen LogP contribution is -2.44. The summed E-state index contributed by atoms with van der Waals surface area (Å²) in [7, 11) is 3.85. The number of likely N-dealkylation sites (N-methyl/N-ethyl adjacent to an activating group) is 1. The van der Waals surface area contributed by atoms with E-state index >= 15 is 0 Å². The largest absolute Gasteiger partial charge is 0.573 e. The highest BCUT2D eigenvalue weighted by molar-refractivity contribution is 5.78. The van der Waals surface area contributed by atoms with Gasteiger partial charge in [0.1, 0.15) is 5.75 Å². The molecule has 0 bridgehead atoms. The van der Waals surface area contributed by atoms with Crippen molar-refractivity contribution >= 4 is 5.91 Å². The molecule has 1 aromatic carbocycles. The molecule has 0 N–H and O–H groups in total. The molecular formula is C16H21F3N2O2. The molecule has 128 valence electrons. The molecule has 4 nitrogen and oxygen atoms in total. The Bertz CT molecular complexity index is 523. The van der Waals surface area contributed by atoms with E-state index in [2.05, 4.69) is 16.7 Å². The fraction of sp³-hybridized carbons (Fsp3) is 0.562. The number of rotatable bonds is 4. The molecule has 0 saturated carbocycles. The zero-order valence-electron chi connectivity index (χ0n) is 13.3. The van der Waals surface area contributed by atoms with Crippen LogP contribution < -0.4 is 4.74 Å². The van der Waals surface area contributed by atoms with Crippen LogP contribution in [0.3, 0.4) is 0 Å². The molecule has 0 unspecified atom stereocenters. The van der Waals surface area contributed by atoms with Crippen LogP contribution >= 0.6 is 0 Å². The lowest BCUT2D eigenvalue weighted by molar-refractivity contribution is -0.274. The van der Waals surface area contributed by atoms with Gasteiger partial charge in [-0.2, -0.15) is 0 Å². The number of hydrogen-bond donors (Lipinski definition) is 0. The molecule has 0 radical (unpaired) electrons. The summed E-state index contributed by atoms with van der Waals surface area (Å²) in [5, 5.41) is 0. The van der Waals surface area contributed by atoms with Crippen molar-refractivity contribution in [1.29, 1.82) is 0 Å². The van der Waals surface area contributed by atoms with Crippen LogP contribution in [-0.2, 0) is 11.2 Å². The van der Waals surface area contributed by atoms with E-state index in [-0.39, 0.29) is 24.1 Å². The van der Waals surface area contributed by atoms with Gasteiger partial charge >= 0.3 is 6.36 Å². The van der Waals surface area contributed by atoms with Gasteiger partial charge in [0, 0.05) is 13.1 Å². The Balaban J connectivity index is 1.89. The minimum atomic E-state index is -4.70. The molecule has 7 heteroatoms. The fourth-order valence-corrected chi connectivity index (χ4v) is 2.69. The van der Waals surface area contributed by atoms with Crippen LogP contribution in [-0.4, -0.2) is 55.3 Å². The maximum absolute atomic E-state index is 12.3. The van der Waals surface area contributed by atoms with E-state index in [1.54, 1.807) is 11.9 Å². The Labute approximate surface area is 133 Å². The first kappa shape index (κ1) is 17.6. The molecule has 0 aromatic heterocycles. The molecule has 1 aliphatic heterocycles. The summed E-state index contributed by atoms with van der Waals surface area (Å²) in [6.45, 7) is 1.93. The number of piperidine rings is 1. The lowest BCUT2D eigenvalue weighted by Gasteiger charge is -2.35. The summed E-state index contributed by atoms with van der Waals surface area (Å²) in [4.78, 5) is 16.3. The Morgan fingerprint density at radius 3 is 2.35 bits per heavy atom. The molecule has 1 amide bonds. The van der Waals surface area contributed by atoms with Gasteiger partial charge in [0.25, 0.3) is 0 Å². The van der Waals surface area contributed by atoms with Crippen molar-refractivity contribution in [2.24, 2.45) is 0 Å². The normalized spacial score (nSPS) is 17.1. The fourth-order valence-electron chi connectivity index (χ4n) is 2.69. The number of nitrogens with zero attached hydrogens (tertiary/aromatic N) is 2. The third-order valence-corrected chi connectivity index (χ3v) is 4.14. The van der Waals surface area contributed by atoms with E-state index in [0.29, 0.717) is 5.56 Å². The number of ether oxygens (including phenoxy) is 1. The molecule has 0 atom stereocenters. The minimum absolute atomic E-state index is 0.0240. The van der Waals surface area contributed by atoms with Crippen molar-refractivity contribution < 1.29 is 22.7 Å². The summed E-state index contributed by atoms with van der Waals surface area (Å²) in [5.41, 5.74) is 0.671. The molecule has 2 rings (SSSR count). The molecule has 1 heterocycles. The SMILES string of the molecule is CN1CCC(N(C)C(=O)Cc2ccc(OC(F)(F)F)cc2)CC1. The quantitative estimate of drug-likeness (QED) is 0.851. The summed E-state index contributed by atoms with van der Waals surface area (Å²) in [6, 6.07) is 5.66. The van der Waals surface area contributed by atoms with Gasteiger partial charge < -0.3 is 14.5 Å². The van der Waals surface area contributed by atoms with Crippen LogP contribution in [0, 0.1) is 0 Å². The third-order valence-electron chi connectivity index (χ3n) is 4.14. The molecule has 0 spiro atoms. The average Bonchev–Trinajstić information content (AvgIpc) is 2.48. The van der Waals surface area contributed by atoms with Gasteiger partial charge in [0.2, 0.25) is 5.91 Å². The first-order chi connectivity index (χ1) is 10.7. The van der Waals surface area contributed by atoms with E-state index in [0.717, 1.165) is 25.9 Å².